The van der Waals surface area contributed by atoms with Gasteiger partial charge in [0.15, 0.2) is 0 Å². The van der Waals surface area contributed by atoms with Gasteiger partial charge in [-0.2, -0.15) is 0 Å². The molecule has 1 aliphatic heterocycles. The number of piperidine rings is 1. The predicted octanol–water partition coefficient (Wildman–Crippen LogP) is 2.84. The highest BCUT2D eigenvalue weighted by atomic mass is 16.5. The third-order valence-electron chi connectivity index (χ3n) is 4.17. The Morgan fingerprint density at radius 3 is 2.33 bits per heavy atom. The molecule has 1 fully saturated rings. The van der Waals surface area contributed by atoms with E-state index in [-0.39, 0.29) is 12.0 Å². The molecule has 1 saturated heterocycles. The number of hydrogen-bond donors (Lipinski definition) is 0. The van der Waals surface area contributed by atoms with Crippen molar-refractivity contribution in [3.63, 3.8) is 0 Å². The second-order valence-corrected chi connectivity index (χ2v) is 6.16. The molecule has 6 heteroatoms. The highest BCUT2D eigenvalue weighted by Crippen LogP contribution is 2.22. The van der Waals surface area contributed by atoms with Crippen molar-refractivity contribution in [2.75, 3.05) is 13.1 Å². The fourth-order valence-corrected chi connectivity index (χ4v) is 3.03. The molecule has 24 heavy (non-hydrogen) atoms. The Labute approximate surface area is 140 Å². The van der Waals surface area contributed by atoms with Crippen LogP contribution in [0, 0.1) is 20.8 Å². The molecule has 0 radical (unpaired) electrons. The molecule has 0 atom stereocenters. The third kappa shape index (κ3) is 3.53. The zero-order valence-corrected chi connectivity index (χ0v) is 14.1. The monoisotopic (exact) mass is 331 g/mol. The highest BCUT2D eigenvalue weighted by Gasteiger charge is 2.26. The van der Waals surface area contributed by atoms with Crippen molar-refractivity contribution >= 4 is 5.91 Å². The van der Waals surface area contributed by atoms with Gasteiger partial charge in [-0.05, 0) is 26.8 Å². The third-order valence-corrected chi connectivity index (χ3v) is 4.17. The van der Waals surface area contributed by atoms with Gasteiger partial charge in [0, 0.05) is 32.0 Å². The summed E-state index contributed by atoms with van der Waals surface area (Å²) in [6, 6.07) is 4.84. The van der Waals surface area contributed by atoms with Crippen molar-refractivity contribution in [3.8, 4) is 5.75 Å². The summed E-state index contributed by atoms with van der Waals surface area (Å²) in [6.07, 6.45) is 1.43. The lowest BCUT2D eigenvalue weighted by Gasteiger charge is -2.32. The van der Waals surface area contributed by atoms with Gasteiger partial charge in [0.25, 0.3) is 5.91 Å². The summed E-state index contributed by atoms with van der Waals surface area (Å²) in [5.41, 5.74) is 0.214. The largest absolute Gasteiger partial charge is 0.490 e. The minimum Gasteiger partial charge on any atom is -0.490 e. The van der Waals surface area contributed by atoms with Crippen molar-refractivity contribution in [1.82, 2.24) is 4.90 Å². The number of furan rings is 1. The average Bonchev–Trinajstić information content (AvgIpc) is 2.85. The summed E-state index contributed by atoms with van der Waals surface area (Å²) in [6.45, 7) is 6.59. The molecule has 0 aliphatic carbocycles. The van der Waals surface area contributed by atoms with Crippen molar-refractivity contribution in [2.45, 2.75) is 39.7 Å². The molecule has 128 valence electrons. The minimum absolute atomic E-state index is 0.000926. The number of carbonyl (C=O) groups excluding carboxylic acids is 1. The Kier molecular flexibility index (Phi) is 4.46. The molecular weight excluding hydrogens is 310 g/mol. The average molecular weight is 331 g/mol. The molecule has 0 N–H and O–H groups in total. The summed E-state index contributed by atoms with van der Waals surface area (Å²) in [5, 5.41) is 0. The molecule has 6 nitrogen and oxygen atoms in total. The molecule has 1 amide bonds. The maximum absolute atomic E-state index is 12.6. The second-order valence-electron chi connectivity index (χ2n) is 6.16. The van der Waals surface area contributed by atoms with Crippen LogP contribution < -0.4 is 10.4 Å². The first-order valence-corrected chi connectivity index (χ1v) is 8.07. The lowest BCUT2D eigenvalue weighted by molar-refractivity contribution is 0.0593. The van der Waals surface area contributed by atoms with Gasteiger partial charge in [-0.15, -0.1) is 0 Å². The van der Waals surface area contributed by atoms with E-state index in [4.69, 9.17) is 13.6 Å². The van der Waals surface area contributed by atoms with E-state index in [0.717, 1.165) is 18.6 Å². The Balaban J connectivity index is 1.60. The number of hydrogen-bond acceptors (Lipinski definition) is 5. The van der Waals surface area contributed by atoms with Gasteiger partial charge in [0.1, 0.15) is 29.1 Å². The van der Waals surface area contributed by atoms with Crippen molar-refractivity contribution in [3.05, 3.63) is 51.5 Å². The first-order valence-electron chi connectivity index (χ1n) is 8.07. The lowest BCUT2D eigenvalue weighted by Crippen LogP contribution is -2.41. The lowest BCUT2D eigenvalue weighted by atomic mass is 10.1. The van der Waals surface area contributed by atoms with Crippen LogP contribution in [-0.2, 0) is 0 Å². The molecule has 0 spiro atoms. The number of ether oxygens (including phenoxy) is 1. The van der Waals surface area contributed by atoms with Gasteiger partial charge in [0.2, 0.25) is 0 Å². The van der Waals surface area contributed by atoms with E-state index in [2.05, 4.69) is 0 Å². The van der Waals surface area contributed by atoms with Crippen LogP contribution in [0.4, 0.5) is 0 Å². The van der Waals surface area contributed by atoms with E-state index >= 15 is 0 Å². The quantitative estimate of drug-likeness (QED) is 0.865. The Morgan fingerprint density at radius 1 is 1.08 bits per heavy atom. The van der Waals surface area contributed by atoms with E-state index in [0.29, 0.717) is 35.9 Å². The van der Waals surface area contributed by atoms with E-state index < -0.39 is 5.63 Å². The maximum atomic E-state index is 12.6. The number of nitrogens with zero attached hydrogens (tertiary/aromatic N) is 1. The molecule has 3 rings (SSSR count). The van der Waals surface area contributed by atoms with Gasteiger partial charge in [-0.3, -0.25) is 4.79 Å². The standard InChI is InChI=1S/C18H21NO5/c1-11-8-15(10-17(20)23-11)24-14-4-6-19(7-5-14)18(21)16-9-12(2)22-13(16)3/h8-10,14H,4-7H2,1-3H3. The van der Waals surface area contributed by atoms with Crippen LogP contribution in [0.1, 0.15) is 40.5 Å². The SMILES string of the molecule is Cc1cc(C(=O)N2CCC(Oc3cc(C)oc(=O)c3)CC2)c(C)o1. The van der Waals surface area contributed by atoms with E-state index in [1.165, 1.54) is 6.07 Å². The summed E-state index contributed by atoms with van der Waals surface area (Å²) in [7, 11) is 0. The van der Waals surface area contributed by atoms with E-state index in [9.17, 15) is 9.59 Å². The van der Waals surface area contributed by atoms with Crippen LogP contribution in [0.3, 0.4) is 0 Å². The van der Waals surface area contributed by atoms with Crippen LogP contribution in [0.25, 0.3) is 0 Å². The van der Waals surface area contributed by atoms with Gasteiger partial charge in [-0.25, -0.2) is 4.79 Å². The zero-order valence-electron chi connectivity index (χ0n) is 14.1. The number of aryl methyl sites for hydroxylation is 3. The normalized spacial score (nSPS) is 15.5. The molecular formula is C18H21NO5. The van der Waals surface area contributed by atoms with Crippen LogP contribution in [0.15, 0.2) is 31.8 Å². The summed E-state index contributed by atoms with van der Waals surface area (Å²) in [4.78, 5) is 25.8. The predicted molar refractivity (Wildman–Crippen MR) is 87.5 cm³/mol. The summed E-state index contributed by atoms with van der Waals surface area (Å²) < 4.78 is 16.2. The number of amides is 1. The topological polar surface area (TPSA) is 72.9 Å². The van der Waals surface area contributed by atoms with Gasteiger partial charge >= 0.3 is 5.63 Å². The molecule has 3 heterocycles. The Hall–Kier alpha value is -2.50. The first-order chi connectivity index (χ1) is 11.4. The van der Waals surface area contributed by atoms with Gasteiger partial charge in [0.05, 0.1) is 11.6 Å². The molecule has 1 aliphatic rings. The van der Waals surface area contributed by atoms with Crippen LogP contribution in [0.2, 0.25) is 0 Å². The van der Waals surface area contributed by atoms with Gasteiger partial charge in [-0.1, -0.05) is 0 Å². The van der Waals surface area contributed by atoms with Crippen LogP contribution in [0.5, 0.6) is 5.75 Å². The molecule has 0 bridgehead atoms. The Bertz CT molecular complexity index is 796. The molecule has 0 unspecified atom stereocenters. The van der Waals surface area contributed by atoms with Crippen molar-refractivity contribution in [1.29, 1.82) is 0 Å². The fraction of sp³-hybridized carbons (Fsp3) is 0.444. The van der Waals surface area contributed by atoms with E-state index in [1.54, 1.807) is 26.0 Å². The summed E-state index contributed by atoms with van der Waals surface area (Å²) >= 11 is 0. The Morgan fingerprint density at radius 2 is 1.75 bits per heavy atom. The van der Waals surface area contributed by atoms with Gasteiger partial charge < -0.3 is 18.5 Å². The number of carbonyl (C=O) groups is 1. The van der Waals surface area contributed by atoms with Crippen molar-refractivity contribution < 1.29 is 18.4 Å². The number of rotatable bonds is 3. The molecule has 2 aromatic heterocycles. The molecule has 0 saturated carbocycles. The number of likely N-dealkylation sites (tertiary alicyclic amines) is 1. The first kappa shape index (κ1) is 16.4. The zero-order chi connectivity index (χ0) is 17.3. The van der Waals surface area contributed by atoms with E-state index in [1.807, 2.05) is 11.8 Å². The maximum Gasteiger partial charge on any atom is 0.339 e. The second kappa shape index (κ2) is 6.55. The van der Waals surface area contributed by atoms with Crippen LogP contribution >= 0.6 is 0 Å². The smallest absolute Gasteiger partial charge is 0.339 e. The molecule has 0 aromatic carbocycles. The summed E-state index contributed by atoms with van der Waals surface area (Å²) in [5.74, 6) is 2.44. The highest BCUT2D eigenvalue weighted by molar-refractivity contribution is 5.95. The minimum atomic E-state index is -0.414. The molecule has 2 aromatic rings. The fourth-order valence-electron chi connectivity index (χ4n) is 3.03. The van der Waals surface area contributed by atoms with Crippen LogP contribution in [-0.4, -0.2) is 30.0 Å². The van der Waals surface area contributed by atoms with Crippen molar-refractivity contribution in [2.24, 2.45) is 0 Å².